The number of halogens is 3. The number of ether oxygens (including phenoxy) is 1. The van der Waals surface area contributed by atoms with Crippen LogP contribution in [0.4, 0.5) is 13.2 Å². The van der Waals surface area contributed by atoms with E-state index in [1.165, 1.54) is 6.20 Å². The van der Waals surface area contributed by atoms with Gasteiger partial charge in [-0.3, -0.25) is 4.98 Å². The Morgan fingerprint density at radius 3 is 2.68 bits per heavy atom. The molecule has 0 atom stereocenters. The maximum absolute atomic E-state index is 12.4. The van der Waals surface area contributed by atoms with Crippen molar-refractivity contribution in [1.29, 1.82) is 0 Å². The van der Waals surface area contributed by atoms with Gasteiger partial charge in [-0.15, -0.1) is 10.2 Å². The normalized spacial score (nSPS) is 11.8. The van der Waals surface area contributed by atoms with E-state index in [-0.39, 0.29) is 5.82 Å². The molecule has 0 bridgehead atoms. The summed E-state index contributed by atoms with van der Waals surface area (Å²) in [6.07, 6.45) is -0.857. The van der Waals surface area contributed by atoms with E-state index in [2.05, 4.69) is 20.2 Å². The van der Waals surface area contributed by atoms with Gasteiger partial charge in [0.1, 0.15) is 0 Å². The number of H-pyrrole nitrogens is 1. The van der Waals surface area contributed by atoms with Crippen LogP contribution in [0.15, 0.2) is 18.5 Å². The second-order valence-electron chi connectivity index (χ2n) is 3.84. The van der Waals surface area contributed by atoms with Crippen LogP contribution in [0.2, 0.25) is 0 Å². The van der Waals surface area contributed by atoms with Gasteiger partial charge in [0.2, 0.25) is 5.82 Å². The van der Waals surface area contributed by atoms with Crippen LogP contribution in [0, 0.1) is 0 Å². The molecule has 2 aromatic rings. The lowest BCUT2D eigenvalue weighted by Crippen LogP contribution is -2.07. The van der Waals surface area contributed by atoms with Crippen LogP contribution in [0.1, 0.15) is 11.4 Å². The van der Waals surface area contributed by atoms with Crippen molar-refractivity contribution < 1.29 is 17.9 Å². The summed E-state index contributed by atoms with van der Waals surface area (Å²) >= 11 is 0. The third-order valence-corrected chi connectivity index (χ3v) is 2.42. The molecule has 0 aliphatic carbocycles. The first kappa shape index (κ1) is 13.5. The lowest BCUT2D eigenvalue weighted by atomic mass is 10.1. The quantitative estimate of drug-likeness (QED) is 0.925. The van der Waals surface area contributed by atoms with Crippen molar-refractivity contribution in [1.82, 2.24) is 20.2 Å². The molecule has 8 heteroatoms. The van der Waals surface area contributed by atoms with E-state index >= 15 is 0 Å². The van der Waals surface area contributed by atoms with Crippen LogP contribution in [0.25, 0.3) is 11.4 Å². The number of hydrogen-bond acceptors (Lipinski definition) is 4. The zero-order valence-electron chi connectivity index (χ0n) is 10.0. The van der Waals surface area contributed by atoms with E-state index in [0.29, 0.717) is 18.6 Å². The zero-order chi connectivity index (χ0) is 13.9. The molecule has 2 heterocycles. The number of hydrogen-bond donors (Lipinski definition) is 1. The predicted octanol–water partition coefficient (Wildman–Crippen LogP) is 2.07. The van der Waals surface area contributed by atoms with Gasteiger partial charge in [-0.05, 0) is 18.1 Å². The van der Waals surface area contributed by atoms with Gasteiger partial charge in [0.25, 0.3) is 0 Å². The fourth-order valence-corrected chi connectivity index (χ4v) is 1.49. The highest BCUT2D eigenvalue weighted by molar-refractivity contribution is 5.54. The van der Waals surface area contributed by atoms with Crippen LogP contribution in [0.5, 0.6) is 0 Å². The van der Waals surface area contributed by atoms with Gasteiger partial charge >= 0.3 is 6.18 Å². The topological polar surface area (TPSA) is 63.7 Å². The number of alkyl halides is 3. The summed E-state index contributed by atoms with van der Waals surface area (Å²) in [5.74, 6) is -1.08. The number of methoxy groups -OCH3 is 1. The Hall–Kier alpha value is -1.96. The second-order valence-corrected chi connectivity index (χ2v) is 3.84. The molecule has 5 nitrogen and oxygen atoms in total. The lowest BCUT2D eigenvalue weighted by molar-refractivity contribution is -0.144. The Labute approximate surface area is 106 Å². The zero-order valence-corrected chi connectivity index (χ0v) is 10.0. The van der Waals surface area contributed by atoms with Gasteiger partial charge in [-0.2, -0.15) is 13.2 Å². The number of nitrogens with one attached hydrogen (secondary N) is 1. The second kappa shape index (κ2) is 5.35. The minimum Gasteiger partial charge on any atom is -0.384 e. The molecule has 0 fully saturated rings. The number of aromatic amines is 1. The Balaban J connectivity index is 2.24. The molecular formula is C11H11F3N4O. The molecule has 0 amide bonds. The third-order valence-electron chi connectivity index (χ3n) is 2.42. The predicted molar refractivity (Wildman–Crippen MR) is 60.2 cm³/mol. The molecular weight excluding hydrogens is 261 g/mol. The molecule has 0 saturated carbocycles. The Morgan fingerprint density at radius 2 is 2.05 bits per heavy atom. The summed E-state index contributed by atoms with van der Waals surface area (Å²) in [7, 11) is 1.57. The van der Waals surface area contributed by atoms with Crippen molar-refractivity contribution in [2.75, 3.05) is 13.7 Å². The highest BCUT2D eigenvalue weighted by atomic mass is 19.4. The van der Waals surface area contributed by atoms with Crippen molar-refractivity contribution in [3.8, 4) is 11.4 Å². The fourth-order valence-electron chi connectivity index (χ4n) is 1.49. The molecule has 0 aromatic carbocycles. The Morgan fingerprint density at radius 1 is 1.26 bits per heavy atom. The Bertz CT molecular complexity index is 553. The van der Waals surface area contributed by atoms with Crippen molar-refractivity contribution >= 4 is 0 Å². The molecule has 0 radical (unpaired) electrons. The summed E-state index contributed by atoms with van der Waals surface area (Å²) in [6, 6.07) is 1.70. The van der Waals surface area contributed by atoms with Gasteiger partial charge in [-0.1, -0.05) is 0 Å². The van der Waals surface area contributed by atoms with Gasteiger partial charge in [0.05, 0.1) is 6.61 Å². The first-order valence-electron chi connectivity index (χ1n) is 5.44. The highest BCUT2D eigenvalue weighted by Crippen LogP contribution is 2.27. The number of aromatic nitrogens is 4. The maximum Gasteiger partial charge on any atom is 0.451 e. The summed E-state index contributed by atoms with van der Waals surface area (Å²) in [4.78, 5) is 6.10. The fraction of sp³-hybridized carbons (Fsp3) is 0.364. The first-order valence-corrected chi connectivity index (χ1v) is 5.44. The van der Waals surface area contributed by atoms with Crippen LogP contribution in [-0.4, -0.2) is 33.9 Å². The minimum atomic E-state index is -4.54. The van der Waals surface area contributed by atoms with Crippen molar-refractivity contribution in [3.63, 3.8) is 0 Å². The highest BCUT2D eigenvalue weighted by Gasteiger charge is 2.35. The molecule has 0 spiro atoms. The van der Waals surface area contributed by atoms with Crippen molar-refractivity contribution in [3.05, 3.63) is 29.8 Å². The van der Waals surface area contributed by atoms with E-state index in [1.54, 1.807) is 19.4 Å². The smallest absolute Gasteiger partial charge is 0.384 e. The van der Waals surface area contributed by atoms with E-state index in [1.807, 2.05) is 0 Å². The maximum atomic E-state index is 12.4. The molecule has 0 unspecified atom stereocenters. The van der Waals surface area contributed by atoms with Gasteiger partial charge in [-0.25, -0.2) is 0 Å². The van der Waals surface area contributed by atoms with Crippen molar-refractivity contribution in [2.45, 2.75) is 12.6 Å². The molecule has 102 valence electrons. The van der Waals surface area contributed by atoms with E-state index in [9.17, 15) is 13.2 Å². The van der Waals surface area contributed by atoms with E-state index in [4.69, 9.17) is 4.74 Å². The van der Waals surface area contributed by atoms with E-state index < -0.39 is 12.0 Å². The molecule has 19 heavy (non-hydrogen) atoms. The average Bonchev–Trinajstić information content (AvgIpc) is 2.86. The summed E-state index contributed by atoms with van der Waals surface area (Å²) in [6.45, 7) is 0.509. The van der Waals surface area contributed by atoms with Gasteiger partial charge in [0, 0.05) is 25.1 Å². The van der Waals surface area contributed by atoms with Crippen molar-refractivity contribution in [2.24, 2.45) is 0 Å². The number of nitrogens with zero attached hydrogens (tertiary/aromatic N) is 3. The standard InChI is InChI=1S/C11H11F3N4O/c1-19-3-2-7-4-8(6-15-5-7)9-16-10(18-17-9)11(12,13)14/h4-6H,2-3H2,1H3,(H,16,17,18). The average molecular weight is 272 g/mol. The van der Waals surface area contributed by atoms with Gasteiger partial charge in [0.15, 0.2) is 5.82 Å². The molecule has 0 aliphatic rings. The Kier molecular flexibility index (Phi) is 3.79. The third kappa shape index (κ3) is 3.28. The van der Waals surface area contributed by atoms with Crippen LogP contribution < -0.4 is 0 Å². The molecule has 0 saturated heterocycles. The lowest BCUT2D eigenvalue weighted by Gasteiger charge is -2.02. The molecule has 0 aliphatic heterocycles. The number of rotatable bonds is 4. The number of pyridine rings is 1. The summed E-state index contributed by atoms with van der Waals surface area (Å²) in [5.41, 5.74) is 1.31. The molecule has 2 rings (SSSR count). The monoisotopic (exact) mass is 272 g/mol. The largest absolute Gasteiger partial charge is 0.451 e. The summed E-state index contributed by atoms with van der Waals surface area (Å²) in [5, 5.41) is 6.55. The molecule has 1 N–H and O–H groups in total. The molecule has 2 aromatic heterocycles. The van der Waals surface area contributed by atoms with E-state index in [0.717, 1.165) is 5.56 Å². The van der Waals surface area contributed by atoms with Gasteiger partial charge < -0.3 is 9.72 Å². The van der Waals surface area contributed by atoms with Crippen LogP contribution in [0.3, 0.4) is 0 Å². The van der Waals surface area contributed by atoms with Crippen LogP contribution in [-0.2, 0) is 17.3 Å². The minimum absolute atomic E-state index is 0.0408. The van der Waals surface area contributed by atoms with Crippen LogP contribution >= 0.6 is 0 Å². The SMILES string of the molecule is COCCc1cncc(-c2nnc(C(F)(F)F)[nH]2)c1. The summed E-state index contributed by atoms with van der Waals surface area (Å²) < 4.78 is 42.1. The first-order chi connectivity index (χ1) is 9.00.